The van der Waals surface area contributed by atoms with Crippen LogP contribution in [-0.2, 0) is 4.74 Å². The standard InChI is InChI=1S/C20H27NO5/c1-19(2,24)10-12-25-20(3,4)9-11-21-17(22)15-13-14-7-5-6-8-16(14)26-18(15)23/h5-8,13,24H,9-12H2,1-4H3,(H,21,22). The van der Waals surface area contributed by atoms with E-state index >= 15 is 0 Å². The van der Waals surface area contributed by atoms with Gasteiger partial charge in [-0.05, 0) is 52.7 Å². The van der Waals surface area contributed by atoms with Gasteiger partial charge in [0, 0.05) is 11.9 Å². The van der Waals surface area contributed by atoms with Crippen molar-refractivity contribution < 1.29 is 19.1 Å². The lowest BCUT2D eigenvalue weighted by atomic mass is 10.0. The number of hydrogen-bond donors (Lipinski definition) is 2. The van der Waals surface area contributed by atoms with Gasteiger partial charge in [-0.25, -0.2) is 4.79 Å². The summed E-state index contributed by atoms with van der Waals surface area (Å²) in [6, 6.07) is 8.60. The third-order valence-corrected chi connectivity index (χ3v) is 4.11. The third kappa shape index (κ3) is 5.97. The maximum Gasteiger partial charge on any atom is 0.349 e. The summed E-state index contributed by atoms with van der Waals surface area (Å²) in [5, 5.41) is 13.2. The van der Waals surface area contributed by atoms with Crippen LogP contribution >= 0.6 is 0 Å². The van der Waals surface area contributed by atoms with Crippen molar-refractivity contribution in [3.8, 4) is 0 Å². The molecule has 2 N–H and O–H groups in total. The zero-order valence-corrected chi connectivity index (χ0v) is 15.8. The van der Waals surface area contributed by atoms with Crippen molar-refractivity contribution in [2.45, 2.75) is 51.7 Å². The number of benzene rings is 1. The SMILES string of the molecule is CC(C)(O)CCOC(C)(C)CCNC(=O)c1cc2ccccc2oc1=O. The number of rotatable bonds is 8. The normalized spacial score (nSPS) is 12.3. The summed E-state index contributed by atoms with van der Waals surface area (Å²) < 4.78 is 11.0. The van der Waals surface area contributed by atoms with Crippen molar-refractivity contribution in [3.05, 3.63) is 46.3 Å². The fourth-order valence-electron chi connectivity index (χ4n) is 2.44. The van der Waals surface area contributed by atoms with Crippen LogP contribution in [0.2, 0.25) is 0 Å². The second-order valence-electron chi connectivity index (χ2n) is 7.66. The van der Waals surface area contributed by atoms with Gasteiger partial charge in [-0.3, -0.25) is 4.79 Å². The number of para-hydroxylation sites is 1. The van der Waals surface area contributed by atoms with Gasteiger partial charge >= 0.3 is 5.63 Å². The molecule has 0 spiro atoms. The van der Waals surface area contributed by atoms with Crippen molar-refractivity contribution in [2.24, 2.45) is 0 Å². The first-order chi connectivity index (χ1) is 12.1. The topological polar surface area (TPSA) is 88.8 Å². The van der Waals surface area contributed by atoms with E-state index in [0.29, 0.717) is 37.0 Å². The number of carbonyl (C=O) groups is 1. The van der Waals surface area contributed by atoms with Crippen LogP contribution in [0.3, 0.4) is 0 Å². The van der Waals surface area contributed by atoms with Gasteiger partial charge in [0.25, 0.3) is 5.91 Å². The van der Waals surface area contributed by atoms with Crippen LogP contribution in [0.5, 0.6) is 0 Å². The van der Waals surface area contributed by atoms with Gasteiger partial charge in [-0.15, -0.1) is 0 Å². The first-order valence-electron chi connectivity index (χ1n) is 8.75. The minimum atomic E-state index is -0.769. The summed E-state index contributed by atoms with van der Waals surface area (Å²) in [7, 11) is 0. The van der Waals surface area contributed by atoms with Gasteiger partial charge in [0.05, 0.1) is 17.8 Å². The van der Waals surface area contributed by atoms with Gasteiger partial charge in [0.1, 0.15) is 11.1 Å². The van der Waals surface area contributed by atoms with Crippen molar-refractivity contribution in [1.29, 1.82) is 0 Å². The zero-order valence-electron chi connectivity index (χ0n) is 15.8. The second-order valence-corrected chi connectivity index (χ2v) is 7.66. The Morgan fingerprint density at radius 3 is 2.58 bits per heavy atom. The number of fused-ring (bicyclic) bond motifs is 1. The molecule has 0 unspecified atom stereocenters. The molecule has 0 bridgehead atoms. The smallest absolute Gasteiger partial charge is 0.349 e. The Bertz CT molecular complexity index is 817. The Morgan fingerprint density at radius 2 is 1.88 bits per heavy atom. The van der Waals surface area contributed by atoms with Gasteiger partial charge in [0.2, 0.25) is 0 Å². The van der Waals surface area contributed by atoms with Gasteiger partial charge in [0.15, 0.2) is 0 Å². The molecule has 2 rings (SSSR count). The van der Waals surface area contributed by atoms with Gasteiger partial charge < -0.3 is 19.6 Å². The number of nitrogens with one attached hydrogen (secondary N) is 1. The Morgan fingerprint density at radius 1 is 1.19 bits per heavy atom. The zero-order chi connectivity index (χ0) is 19.4. The predicted molar refractivity (Wildman–Crippen MR) is 100 cm³/mol. The highest BCUT2D eigenvalue weighted by Crippen LogP contribution is 2.17. The van der Waals surface area contributed by atoms with Crippen molar-refractivity contribution in [1.82, 2.24) is 5.32 Å². The van der Waals surface area contributed by atoms with E-state index in [-0.39, 0.29) is 5.56 Å². The van der Waals surface area contributed by atoms with Crippen LogP contribution in [0, 0.1) is 0 Å². The number of amides is 1. The van der Waals surface area contributed by atoms with E-state index in [4.69, 9.17) is 9.15 Å². The number of hydrogen-bond acceptors (Lipinski definition) is 5. The molecule has 1 aromatic heterocycles. The predicted octanol–water partition coefficient (Wildman–Crippen LogP) is 2.87. The van der Waals surface area contributed by atoms with Crippen LogP contribution in [0.4, 0.5) is 0 Å². The fourth-order valence-corrected chi connectivity index (χ4v) is 2.44. The van der Waals surface area contributed by atoms with Crippen molar-refractivity contribution in [3.63, 3.8) is 0 Å². The average molecular weight is 361 g/mol. The monoisotopic (exact) mass is 361 g/mol. The highest BCUT2D eigenvalue weighted by atomic mass is 16.5. The molecule has 1 heterocycles. The quantitative estimate of drug-likeness (QED) is 0.706. The van der Waals surface area contributed by atoms with Crippen LogP contribution in [0.25, 0.3) is 11.0 Å². The first kappa shape index (κ1) is 20.1. The second kappa shape index (κ2) is 8.01. The molecule has 142 valence electrons. The van der Waals surface area contributed by atoms with E-state index in [2.05, 4.69) is 5.32 Å². The number of carbonyl (C=O) groups excluding carboxylic acids is 1. The van der Waals surface area contributed by atoms with E-state index in [1.807, 2.05) is 19.9 Å². The summed E-state index contributed by atoms with van der Waals surface area (Å²) in [4.78, 5) is 24.3. The van der Waals surface area contributed by atoms with E-state index in [1.165, 1.54) is 0 Å². The molecule has 6 heteroatoms. The van der Waals surface area contributed by atoms with E-state index < -0.39 is 22.7 Å². The Labute approximate surface area is 153 Å². The largest absolute Gasteiger partial charge is 0.422 e. The van der Waals surface area contributed by atoms with E-state index in [9.17, 15) is 14.7 Å². The summed E-state index contributed by atoms with van der Waals surface area (Å²) in [6.07, 6.45) is 1.10. The summed E-state index contributed by atoms with van der Waals surface area (Å²) in [5.41, 5.74) is -1.43. The lowest BCUT2D eigenvalue weighted by molar-refractivity contribution is -0.0492. The minimum absolute atomic E-state index is 0.00976. The van der Waals surface area contributed by atoms with Crippen LogP contribution in [-0.4, -0.2) is 35.4 Å². The molecule has 26 heavy (non-hydrogen) atoms. The summed E-state index contributed by atoms with van der Waals surface area (Å²) in [6.45, 7) is 8.11. The molecule has 0 fully saturated rings. The van der Waals surface area contributed by atoms with Crippen molar-refractivity contribution in [2.75, 3.05) is 13.2 Å². The lowest BCUT2D eigenvalue weighted by Gasteiger charge is -2.27. The van der Waals surface area contributed by atoms with Gasteiger partial charge in [-0.2, -0.15) is 0 Å². The fraction of sp³-hybridized carbons (Fsp3) is 0.500. The van der Waals surface area contributed by atoms with Crippen LogP contribution in [0.1, 0.15) is 50.9 Å². The summed E-state index contributed by atoms with van der Waals surface area (Å²) >= 11 is 0. The highest BCUT2D eigenvalue weighted by molar-refractivity contribution is 5.96. The molecule has 0 saturated heterocycles. The van der Waals surface area contributed by atoms with E-state index in [0.717, 1.165) is 0 Å². The lowest BCUT2D eigenvalue weighted by Crippen LogP contribution is -2.35. The molecule has 0 radical (unpaired) electrons. The molecule has 0 aliphatic carbocycles. The molecule has 0 aliphatic heterocycles. The van der Waals surface area contributed by atoms with Gasteiger partial charge in [-0.1, -0.05) is 18.2 Å². The molecular weight excluding hydrogens is 334 g/mol. The molecule has 0 aliphatic rings. The van der Waals surface area contributed by atoms with Crippen LogP contribution in [0.15, 0.2) is 39.5 Å². The number of aliphatic hydroxyl groups is 1. The van der Waals surface area contributed by atoms with E-state index in [1.54, 1.807) is 38.1 Å². The molecular formula is C20H27NO5. The van der Waals surface area contributed by atoms with Crippen LogP contribution < -0.4 is 10.9 Å². The molecule has 2 aromatic rings. The molecule has 6 nitrogen and oxygen atoms in total. The highest BCUT2D eigenvalue weighted by Gasteiger charge is 2.21. The Balaban J connectivity index is 1.90. The van der Waals surface area contributed by atoms with Crippen molar-refractivity contribution >= 4 is 16.9 Å². The Hall–Kier alpha value is -2.18. The molecule has 1 amide bonds. The summed E-state index contributed by atoms with van der Waals surface area (Å²) in [5.74, 6) is -0.461. The Kier molecular flexibility index (Phi) is 6.21. The third-order valence-electron chi connectivity index (χ3n) is 4.11. The molecule has 0 atom stereocenters. The molecule has 0 saturated carbocycles. The molecule has 1 aromatic carbocycles. The maximum atomic E-state index is 12.3. The maximum absolute atomic E-state index is 12.3. The minimum Gasteiger partial charge on any atom is -0.422 e. The number of ether oxygens (including phenoxy) is 1. The average Bonchev–Trinajstić information content (AvgIpc) is 2.52. The first-order valence-corrected chi connectivity index (χ1v) is 8.75.